The first kappa shape index (κ1) is 10.2. The van der Waals surface area contributed by atoms with Crippen LogP contribution in [0.4, 0.5) is 0 Å². The van der Waals surface area contributed by atoms with Gasteiger partial charge < -0.3 is 9.30 Å². The fourth-order valence-corrected chi connectivity index (χ4v) is 1.86. The maximum atomic E-state index is 5.10. The first-order chi connectivity index (χ1) is 7.42. The van der Waals surface area contributed by atoms with Crippen LogP contribution in [-0.4, -0.2) is 18.3 Å². The van der Waals surface area contributed by atoms with E-state index in [-0.39, 0.29) is 0 Å². The Hall–Kier alpha value is -1.28. The van der Waals surface area contributed by atoms with Gasteiger partial charge in [-0.25, -0.2) is 0 Å². The second-order valence-corrected chi connectivity index (χ2v) is 3.69. The van der Waals surface area contributed by atoms with Gasteiger partial charge in [-0.2, -0.15) is 0 Å². The standard InChI is InChI=1S/C13H17NO/c1-15-11-10-14-9-8-12-6-4-2-3-5-7-13(12)14/h2-3,6-9H,4-5,10-11H2,1H3/b3-2?,12-6+,13-7+. The lowest BCUT2D eigenvalue weighted by molar-refractivity contribution is 0.186. The fraction of sp³-hybridized carbons (Fsp3) is 0.385. The number of methoxy groups -OCH3 is 1. The average molecular weight is 203 g/mol. The maximum Gasteiger partial charge on any atom is 0.0641 e. The van der Waals surface area contributed by atoms with Crippen LogP contribution in [0.2, 0.25) is 0 Å². The fourth-order valence-electron chi connectivity index (χ4n) is 1.86. The largest absolute Gasteiger partial charge is 0.383 e. The van der Waals surface area contributed by atoms with Crippen LogP contribution >= 0.6 is 0 Å². The van der Waals surface area contributed by atoms with Gasteiger partial charge in [-0.1, -0.05) is 24.3 Å². The Labute approximate surface area is 90.2 Å². The number of aromatic nitrogens is 1. The Morgan fingerprint density at radius 3 is 2.87 bits per heavy atom. The van der Waals surface area contributed by atoms with Crippen LogP contribution in [0.15, 0.2) is 24.4 Å². The van der Waals surface area contributed by atoms with Crippen molar-refractivity contribution in [1.29, 1.82) is 0 Å². The van der Waals surface area contributed by atoms with Crippen LogP contribution in [0.3, 0.4) is 0 Å². The van der Waals surface area contributed by atoms with Crippen molar-refractivity contribution < 1.29 is 4.74 Å². The molecule has 2 heteroatoms. The molecule has 0 saturated carbocycles. The molecule has 1 aromatic rings. The SMILES string of the molecule is COCCn1ccc2/c1=C\CC=CC/C=2. The lowest BCUT2D eigenvalue weighted by atomic mass is 10.2. The van der Waals surface area contributed by atoms with E-state index in [9.17, 15) is 0 Å². The highest BCUT2D eigenvalue weighted by Crippen LogP contribution is 1.93. The molecule has 2 rings (SSSR count). The van der Waals surface area contributed by atoms with E-state index in [4.69, 9.17) is 4.74 Å². The molecule has 0 aromatic carbocycles. The molecule has 0 atom stereocenters. The third-order valence-corrected chi connectivity index (χ3v) is 2.66. The van der Waals surface area contributed by atoms with Crippen molar-refractivity contribution in [2.24, 2.45) is 0 Å². The molecular formula is C13H17NO. The van der Waals surface area contributed by atoms with Gasteiger partial charge in [0.15, 0.2) is 0 Å². The smallest absolute Gasteiger partial charge is 0.0641 e. The van der Waals surface area contributed by atoms with Crippen LogP contribution in [0.25, 0.3) is 12.2 Å². The second-order valence-electron chi connectivity index (χ2n) is 3.69. The molecule has 0 radical (unpaired) electrons. The van der Waals surface area contributed by atoms with Crippen LogP contribution < -0.4 is 10.6 Å². The van der Waals surface area contributed by atoms with Crippen molar-refractivity contribution in [2.75, 3.05) is 13.7 Å². The number of rotatable bonds is 3. The van der Waals surface area contributed by atoms with Gasteiger partial charge in [-0.15, -0.1) is 0 Å². The molecule has 0 aliphatic heterocycles. The lowest BCUT2D eigenvalue weighted by Crippen LogP contribution is -2.30. The highest BCUT2D eigenvalue weighted by Gasteiger charge is 1.96. The topological polar surface area (TPSA) is 14.2 Å². The lowest BCUT2D eigenvalue weighted by Gasteiger charge is -2.02. The van der Waals surface area contributed by atoms with E-state index in [1.165, 1.54) is 10.6 Å². The number of fused-ring (bicyclic) bond motifs is 1. The first-order valence-corrected chi connectivity index (χ1v) is 5.41. The Morgan fingerprint density at radius 2 is 2.07 bits per heavy atom. The van der Waals surface area contributed by atoms with Crippen LogP contribution in [0, 0.1) is 0 Å². The Bertz CT molecular complexity index is 453. The Morgan fingerprint density at radius 1 is 1.27 bits per heavy atom. The normalized spacial score (nSPS) is 19.3. The van der Waals surface area contributed by atoms with Crippen molar-refractivity contribution in [1.82, 2.24) is 4.57 Å². The summed E-state index contributed by atoms with van der Waals surface area (Å²) in [7, 11) is 1.74. The van der Waals surface area contributed by atoms with Gasteiger partial charge >= 0.3 is 0 Å². The van der Waals surface area contributed by atoms with Gasteiger partial charge in [0.25, 0.3) is 0 Å². The Balaban J connectivity index is 2.36. The molecule has 1 aliphatic carbocycles. The summed E-state index contributed by atoms with van der Waals surface area (Å²) in [6, 6.07) is 2.18. The molecule has 15 heavy (non-hydrogen) atoms. The minimum Gasteiger partial charge on any atom is -0.383 e. The van der Waals surface area contributed by atoms with Crippen molar-refractivity contribution in [2.45, 2.75) is 19.4 Å². The summed E-state index contributed by atoms with van der Waals surface area (Å²) in [4.78, 5) is 0. The number of hydrogen-bond acceptors (Lipinski definition) is 1. The summed E-state index contributed by atoms with van der Waals surface area (Å²) in [5.74, 6) is 0. The van der Waals surface area contributed by atoms with E-state index in [0.29, 0.717) is 0 Å². The molecule has 0 N–H and O–H groups in total. The van der Waals surface area contributed by atoms with E-state index in [1.54, 1.807) is 7.11 Å². The van der Waals surface area contributed by atoms with Gasteiger partial charge in [0.2, 0.25) is 0 Å². The Kier molecular flexibility index (Phi) is 3.41. The molecule has 0 fully saturated rings. The van der Waals surface area contributed by atoms with E-state index < -0.39 is 0 Å². The highest BCUT2D eigenvalue weighted by atomic mass is 16.5. The number of ether oxygens (including phenoxy) is 1. The zero-order chi connectivity index (χ0) is 10.5. The molecule has 1 aliphatic rings. The zero-order valence-corrected chi connectivity index (χ0v) is 9.15. The predicted octanol–water partition coefficient (Wildman–Crippen LogP) is 1.05. The van der Waals surface area contributed by atoms with Gasteiger partial charge in [0, 0.05) is 25.2 Å². The van der Waals surface area contributed by atoms with E-state index >= 15 is 0 Å². The van der Waals surface area contributed by atoms with E-state index in [1.807, 2.05) is 0 Å². The van der Waals surface area contributed by atoms with Gasteiger partial charge in [-0.05, 0) is 24.1 Å². The van der Waals surface area contributed by atoms with Crippen LogP contribution in [0.1, 0.15) is 12.8 Å². The van der Waals surface area contributed by atoms with Crippen molar-refractivity contribution in [3.8, 4) is 0 Å². The third-order valence-electron chi connectivity index (χ3n) is 2.66. The summed E-state index contributed by atoms with van der Waals surface area (Å²) >= 11 is 0. The monoisotopic (exact) mass is 203 g/mol. The third kappa shape index (κ3) is 2.39. The van der Waals surface area contributed by atoms with Crippen molar-refractivity contribution in [3.05, 3.63) is 35.0 Å². The molecule has 0 spiro atoms. The van der Waals surface area contributed by atoms with Gasteiger partial charge in [-0.3, -0.25) is 0 Å². The van der Waals surface area contributed by atoms with Crippen LogP contribution in [-0.2, 0) is 11.3 Å². The van der Waals surface area contributed by atoms with Gasteiger partial charge in [0.1, 0.15) is 0 Å². The first-order valence-electron chi connectivity index (χ1n) is 5.41. The molecule has 1 aromatic heterocycles. The summed E-state index contributed by atoms with van der Waals surface area (Å²) in [6.07, 6.45) is 13.2. The molecule has 2 nitrogen and oxygen atoms in total. The number of nitrogens with zero attached hydrogens (tertiary/aromatic N) is 1. The summed E-state index contributed by atoms with van der Waals surface area (Å²) < 4.78 is 7.36. The van der Waals surface area contributed by atoms with Crippen molar-refractivity contribution >= 4 is 12.2 Å². The van der Waals surface area contributed by atoms with Crippen LogP contribution in [0.5, 0.6) is 0 Å². The maximum absolute atomic E-state index is 5.10. The molecule has 80 valence electrons. The molecule has 0 bridgehead atoms. The minimum absolute atomic E-state index is 0.769. The van der Waals surface area contributed by atoms with E-state index in [0.717, 1.165) is 26.0 Å². The molecule has 1 heterocycles. The quantitative estimate of drug-likeness (QED) is 0.670. The molecule has 0 amide bonds. The van der Waals surface area contributed by atoms with E-state index in [2.05, 4.69) is 41.1 Å². The zero-order valence-electron chi connectivity index (χ0n) is 9.15. The van der Waals surface area contributed by atoms with Gasteiger partial charge in [0.05, 0.1) is 6.61 Å². The molecular weight excluding hydrogens is 186 g/mol. The molecule has 0 unspecified atom stereocenters. The van der Waals surface area contributed by atoms with Crippen molar-refractivity contribution in [3.63, 3.8) is 0 Å². The molecule has 0 saturated heterocycles. The second kappa shape index (κ2) is 4.99. The number of allylic oxidation sites excluding steroid dienone is 2. The highest BCUT2D eigenvalue weighted by molar-refractivity contribution is 5.34. The predicted molar refractivity (Wildman–Crippen MR) is 62.9 cm³/mol. The summed E-state index contributed by atoms with van der Waals surface area (Å²) in [6.45, 7) is 1.70. The number of hydrogen-bond donors (Lipinski definition) is 0. The average Bonchev–Trinajstić information content (AvgIpc) is 2.57. The summed E-state index contributed by atoms with van der Waals surface area (Å²) in [5.41, 5.74) is 0. The minimum atomic E-state index is 0.769. The summed E-state index contributed by atoms with van der Waals surface area (Å²) in [5, 5.41) is 2.67.